The fourth-order valence-electron chi connectivity index (χ4n) is 2.15. The van der Waals surface area contributed by atoms with E-state index in [4.69, 9.17) is 4.42 Å². The first kappa shape index (κ1) is 12.7. The number of likely N-dealkylation sites (N-methyl/N-ethyl adjacent to an activating group) is 1. The average molecular weight is 250 g/mol. The highest BCUT2D eigenvalue weighted by Gasteiger charge is 2.22. The minimum atomic E-state index is -0.172. The zero-order valence-corrected chi connectivity index (χ0v) is 10.8. The molecule has 0 aromatic carbocycles. The van der Waals surface area contributed by atoms with E-state index in [1.165, 1.54) is 11.2 Å². The molecule has 0 radical (unpaired) electrons. The zero-order valence-electron chi connectivity index (χ0n) is 10.8. The lowest BCUT2D eigenvalue weighted by molar-refractivity contribution is -0.130. The quantitative estimate of drug-likeness (QED) is 0.812. The molecule has 1 aromatic rings. The number of hydrogen-bond donors (Lipinski definition) is 0. The van der Waals surface area contributed by atoms with E-state index in [-0.39, 0.29) is 18.4 Å². The molecule has 1 aliphatic rings. The lowest BCUT2D eigenvalue weighted by Gasteiger charge is -2.21. The molecule has 0 bridgehead atoms. The molecule has 1 aromatic heterocycles. The lowest BCUT2D eigenvalue weighted by atomic mass is 10.2. The second kappa shape index (κ2) is 5.25. The van der Waals surface area contributed by atoms with Crippen molar-refractivity contribution >= 4 is 11.8 Å². The van der Waals surface area contributed by atoms with Gasteiger partial charge in [0.1, 0.15) is 5.76 Å². The minimum Gasteiger partial charge on any atom is -0.469 e. The highest BCUT2D eigenvalue weighted by atomic mass is 16.3. The van der Waals surface area contributed by atoms with Crippen molar-refractivity contribution in [2.75, 3.05) is 26.7 Å². The molecule has 98 valence electrons. The van der Waals surface area contributed by atoms with Gasteiger partial charge < -0.3 is 14.2 Å². The Morgan fingerprint density at radius 2 is 2.06 bits per heavy atom. The molecule has 0 atom stereocenters. The highest BCUT2D eigenvalue weighted by molar-refractivity contribution is 5.97. The Morgan fingerprint density at radius 1 is 1.39 bits per heavy atom. The van der Waals surface area contributed by atoms with Crippen LogP contribution in [0.1, 0.15) is 29.0 Å². The second-order valence-electron chi connectivity index (χ2n) is 4.64. The summed E-state index contributed by atoms with van der Waals surface area (Å²) in [6, 6.07) is 1.63. The number of furan rings is 1. The number of amides is 2. The van der Waals surface area contributed by atoms with Gasteiger partial charge in [0.05, 0.1) is 18.4 Å². The molecule has 0 saturated carbocycles. The zero-order chi connectivity index (χ0) is 13.1. The first-order chi connectivity index (χ1) is 8.59. The van der Waals surface area contributed by atoms with Gasteiger partial charge in [-0.25, -0.2) is 0 Å². The molecule has 0 N–H and O–H groups in total. The number of rotatable bonds is 3. The maximum atomic E-state index is 12.1. The van der Waals surface area contributed by atoms with Crippen molar-refractivity contribution < 1.29 is 14.0 Å². The number of hydrogen-bond acceptors (Lipinski definition) is 3. The average Bonchev–Trinajstić information content (AvgIpc) is 2.98. The van der Waals surface area contributed by atoms with Crippen LogP contribution in [0, 0.1) is 6.92 Å². The summed E-state index contributed by atoms with van der Waals surface area (Å²) in [7, 11) is 1.64. The van der Waals surface area contributed by atoms with E-state index < -0.39 is 0 Å². The summed E-state index contributed by atoms with van der Waals surface area (Å²) < 4.78 is 5.10. The van der Waals surface area contributed by atoms with Crippen molar-refractivity contribution in [3.63, 3.8) is 0 Å². The van der Waals surface area contributed by atoms with Gasteiger partial charge in [-0.3, -0.25) is 9.59 Å². The molecule has 2 rings (SSSR count). The van der Waals surface area contributed by atoms with E-state index in [0.29, 0.717) is 11.3 Å². The third kappa shape index (κ3) is 2.55. The van der Waals surface area contributed by atoms with Crippen LogP contribution in [0.5, 0.6) is 0 Å². The number of carbonyl (C=O) groups is 2. The van der Waals surface area contributed by atoms with Gasteiger partial charge in [0, 0.05) is 20.1 Å². The summed E-state index contributed by atoms with van der Waals surface area (Å²) in [6.45, 7) is 3.49. The molecule has 18 heavy (non-hydrogen) atoms. The summed E-state index contributed by atoms with van der Waals surface area (Å²) in [5, 5.41) is 0. The fraction of sp³-hybridized carbons (Fsp3) is 0.538. The van der Waals surface area contributed by atoms with E-state index in [0.717, 1.165) is 25.9 Å². The third-order valence-corrected chi connectivity index (χ3v) is 3.27. The molecule has 5 heteroatoms. The second-order valence-corrected chi connectivity index (χ2v) is 4.64. The molecule has 0 spiro atoms. The van der Waals surface area contributed by atoms with Crippen molar-refractivity contribution in [3.8, 4) is 0 Å². The lowest BCUT2D eigenvalue weighted by Crippen LogP contribution is -2.39. The summed E-state index contributed by atoms with van der Waals surface area (Å²) in [5.41, 5.74) is 0.520. The Labute approximate surface area is 106 Å². The van der Waals surface area contributed by atoms with Crippen LogP contribution >= 0.6 is 0 Å². The summed E-state index contributed by atoms with van der Waals surface area (Å²) in [5.74, 6) is 0.429. The summed E-state index contributed by atoms with van der Waals surface area (Å²) in [6.07, 6.45) is 3.60. The monoisotopic (exact) mass is 250 g/mol. The molecular formula is C13H18N2O3. The van der Waals surface area contributed by atoms with Gasteiger partial charge in [0.25, 0.3) is 5.91 Å². The van der Waals surface area contributed by atoms with Crippen LogP contribution in [0.2, 0.25) is 0 Å². The predicted molar refractivity (Wildman–Crippen MR) is 66.2 cm³/mol. The number of carbonyl (C=O) groups excluding carboxylic acids is 2. The molecular weight excluding hydrogens is 232 g/mol. The van der Waals surface area contributed by atoms with Crippen molar-refractivity contribution in [1.29, 1.82) is 0 Å². The molecule has 1 saturated heterocycles. The van der Waals surface area contributed by atoms with Crippen molar-refractivity contribution in [2.45, 2.75) is 19.8 Å². The Bertz CT molecular complexity index is 447. The summed E-state index contributed by atoms with van der Waals surface area (Å²) in [4.78, 5) is 27.2. The molecule has 0 unspecified atom stereocenters. The maximum Gasteiger partial charge on any atom is 0.257 e. The van der Waals surface area contributed by atoms with Crippen LogP contribution in [0.25, 0.3) is 0 Å². The predicted octanol–water partition coefficient (Wildman–Crippen LogP) is 1.28. The Kier molecular flexibility index (Phi) is 3.69. The topological polar surface area (TPSA) is 53.8 Å². The summed E-state index contributed by atoms with van der Waals surface area (Å²) >= 11 is 0. The van der Waals surface area contributed by atoms with Gasteiger partial charge in [-0.15, -0.1) is 0 Å². The number of nitrogens with zero attached hydrogens (tertiary/aromatic N) is 2. The molecule has 0 aliphatic carbocycles. The first-order valence-corrected chi connectivity index (χ1v) is 6.17. The van der Waals surface area contributed by atoms with E-state index in [1.807, 2.05) is 4.90 Å². The Balaban J connectivity index is 1.95. The molecule has 2 heterocycles. The van der Waals surface area contributed by atoms with Gasteiger partial charge >= 0.3 is 0 Å². The maximum absolute atomic E-state index is 12.1. The van der Waals surface area contributed by atoms with Crippen LogP contribution in [0.3, 0.4) is 0 Å². The van der Waals surface area contributed by atoms with Gasteiger partial charge in [-0.1, -0.05) is 0 Å². The standard InChI is InChI=1S/C13H18N2O3/c1-10-11(5-8-18-10)13(17)14(2)9-12(16)15-6-3-4-7-15/h5,8H,3-4,6-7,9H2,1-2H3. The van der Waals surface area contributed by atoms with Gasteiger partial charge in [-0.05, 0) is 25.8 Å². The van der Waals surface area contributed by atoms with E-state index in [2.05, 4.69) is 0 Å². The van der Waals surface area contributed by atoms with Gasteiger partial charge in [0.15, 0.2) is 0 Å². The number of likely N-dealkylation sites (tertiary alicyclic amines) is 1. The SMILES string of the molecule is Cc1occc1C(=O)N(C)CC(=O)N1CCCC1. The van der Waals surface area contributed by atoms with Crippen molar-refractivity contribution in [3.05, 3.63) is 23.7 Å². The van der Waals surface area contributed by atoms with E-state index >= 15 is 0 Å². The van der Waals surface area contributed by atoms with E-state index in [1.54, 1.807) is 20.0 Å². The van der Waals surface area contributed by atoms with E-state index in [9.17, 15) is 9.59 Å². The molecule has 1 aliphatic heterocycles. The van der Waals surface area contributed by atoms with Gasteiger partial charge in [-0.2, -0.15) is 0 Å². The van der Waals surface area contributed by atoms with Crippen molar-refractivity contribution in [1.82, 2.24) is 9.80 Å². The van der Waals surface area contributed by atoms with Crippen LogP contribution in [0.4, 0.5) is 0 Å². The molecule has 1 fully saturated rings. The van der Waals surface area contributed by atoms with Crippen LogP contribution in [-0.2, 0) is 4.79 Å². The van der Waals surface area contributed by atoms with Gasteiger partial charge in [0.2, 0.25) is 5.91 Å². The van der Waals surface area contributed by atoms with Crippen LogP contribution in [0.15, 0.2) is 16.7 Å². The van der Waals surface area contributed by atoms with Crippen molar-refractivity contribution in [2.24, 2.45) is 0 Å². The smallest absolute Gasteiger partial charge is 0.257 e. The Hall–Kier alpha value is -1.78. The first-order valence-electron chi connectivity index (χ1n) is 6.17. The minimum absolute atomic E-state index is 0.0181. The van der Waals surface area contributed by atoms with Crippen LogP contribution in [-0.4, -0.2) is 48.3 Å². The van der Waals surface area contributed by atoms with Crippen LogP contribution < -0.4 is 0 Å². The molecule has 5 nitrogen and oxygen atoms in total. The fourth-order valence-corrected chi connectivity index (χ4v) is 2.15. The largest absolute Gasteiger partial charge is 0.469 e. The highest BCUT2D eigenvalue weighted by Crippen LogP contribution is 2.12. The number of aryl methyl sites for hydroxylation is 1. The Morgan fingerprint density at radius 3 is 2.61 bits per heavy atom. The normalized spacial score (nSPS) is 14.9. The third-order valence-electron chi connectivity index (χ3n) is 3.27. The molecule has 2 amide bonds.